The van der Waals surface area contributed by atoms with Crippen LogP contribution in [0.4, 0.5) is 22.0 Å². The second-order valence-corrected chi connectivity index (χ2v) is 8.67. The Bertz CT molecular complexity index is 1160. The van der Waals surface area contributed by atoms with Crippen molar-refractivity contribution in [2.45, 2.75) is 38.1 Å². The molecule has 0 aliphatic carbocycles. The van der Waals surface area contributed by atoms with Gasteiger partial charge in [-0.1, -0.05) is 18.2 Å². The third-order valence-electron chi connectivity index (χ3n) is 6.01. The van der Waals surface area contributed by atoms with E-state index in [-0.39, 0.29) is 49.2 Å². The number of carbonyl (C=O) groups excluding carboxylic acids is 1. The number of hydrogen-bond donors (Lipinski definition) is 2. The molecule has 2 heterocycles. The summed E-state index contributed by atoms with van der Waals surface area (Å²) in [5.41, 5.74) is -0.437. The number of rotatable bonds is 6. The molecule has 2 aliphatic rings. The smallest absolute Gasteiger partial charge is 0.458 e. The number of benzene rings is 2. The summed E-state index contributed by atoms with van der Waals surface area (Å²) in [6.07, 6.45) is -5.79. The number of nitrogens with one attached hydrogen (secondary N) is 1. The molecule has 5 nitrogen and oxygen atoms in total. The lowest BCUT2D eigenvalue weighted by Crippen LogP contribution is -2.43. The Labute approximate surface area is 192 Å². The van der Waals surface area contributed by atoms with E-state index >= 15 is 0 Å². The van der Waals surface area contributed by atoms with Crippen LogP contribution in [0, 0.1) is 0 Å². The van der Waals surface area contributed by atoms with E-state index in [1.165, 1.54) is 4.90 Å². The van der Waals surface area contributed by atoms with Gasteiger partial charge in [-0.15, -0.1) is 0 Å². The lowest BCUT2D eigenvalue weighted by Gasteiger charge is -2.40. The molecule has 0 saturated heterocycles. The zero-order valence-electron chi connectivity index (χ0n) is 18.5. The Hall–Kier alpha value is -2.98. The van der Waals surface area contributed by atoms with Crippen molar-refractivity contribution in [3.8, 4) is 5.75 Å². The number of alkyl halides is 5. The highest BCUT2D eigenvalue weighted by molar-refractivity contribution is 6.04. The normalized spacial score (nSPS) is 17.5. The van der Waals surface area contributed by atoms with Crippen molar-refractivity contribution in [3.05, 3.63) is 70.3 Å². The summed E-state index contributed by atoms with van der Waals surface area (Å²) in [5.74, 6) is -5.38. The van der Waals surface area contributed by atoms with E-state index < -0.39 is 23.3 Å². The van der Waals surface area contributed by atoms with Crippen LogP contribution < -0.4 is 10.1 Å². The van der Waals surface area contributed by atoms with Gasteiger partial charge in [0.1, 0.15) is 11.4 Å². The molecular formula is C24H23F5N2O3. The maximum Gasteiger partial charge on any atom is 0.458 e. The highest BCUT2D eigenvalue weighted by Crippen LogP contribution is 2.49. The summed E-state index contributed by atoms with van der Waals surface area (Å²) in [5, 5.41) is 12.2. The number of fused-ring (bicyclic) bond motifs is 2. The van der Waals surface area contributed by atoms with E-state index in [4.69, 9.17) is 9.84 Å². The van der Waals surface area contributed by atoms with Gasteiger partial charge in [-0.05, 0) is 43.7 Å². The molecule has 2 aromatic rings. The average molecular weight is 482 g/mol. The van der Waals surface area contributed by atoms with Crippen LogP contribution in [0.1, 0.15) is 40.9 Å². The van der Waals surface area contributed by atoms with Crippen molar-refractivity contribution in [2.75, 3.05) is 19.7 Å². The topological polar surface area (TPSA) is 61.8 Å². The third kappa shape index (κ3) is 3.94. The van der Waals surface area contributed by atoms with Crippen molar-refractivity contribution >= 4 is 11.6 Å². The van der Waals surface area contributed by atoms with Gasteiger partial charge in [0.25, 0.3) is 5.91 Å². The number of ether oxygens (including phenoxy) is 1. The summed E-state index contributed by atoms with van der Waals surface area (Å²) >= 11 is 0. The maximum atomic E-state index is 14.2. The van der Waals surface area contributed by atoms with Crippen LogP contribution in [0.3, 0.4) is 0 Å². The first-order valence-electron chi connectivity index (χ1n) is 10.6. The summed E-state index contributed by atoms with van der Waals surface area (Å²) in [4.78, 5) is 14.7. The summed E-state index contributed by atoms with van der Waals surface area (Å²) in [6, 6.07) is 9.38. The summed E-state index contributed by atoms with van der Waals surface area (Å²) < 4.78 is 73.8. The van der Waals surface area contributed by atoms with Crippen LogP contribution in [0.15, 0.2) is 48.0 Å². The number of aliphatic hydroxyl groups excluding tert-OH is 1. The number of aliphatic hydroxyl groups is 1. The van der Waals surface area contributed by atoms with Gasteiger partial charge in [0.05, 0.1) is 18.8 Å². The Morgan fingerprint density at radius 3 is 2.44 bits per heavy atom. The van der Waals surface area contributed by atoms with E-state index in [1.54, 1.807) is 38.1 Å². The van der Waals surface area contributed by atoms with Crippen LogP contribution in [0.25, 0.3) is 5.70 Å². The molecule has 0 unspecified atom stereocenters. The van der Waals surface area contributed by atoms with Crippen LogP contribution in [0.5, 0.6) is 5.75 Å². The van der Waals surface area contributed by atoms with Crippen LogP contribution in [-0.4, -0.2) is 47.4 Å². The zero-order chi connectivity index (χ0) is 24.9. The van der Waals surface area contributed by atoms with Crippen LogP contribution in [-0.2, 0) is 12.5 Å². The molecule has 0 saturated carbocycles. The number of carbonyl (C=O) groups is 1. The third-order valence-corrected chi connectivity index (χ3v) is 6.01. The van der Waals surface area contributed by atoms with Gasteiger partial charge in [-0.25, -0.2) is 0 Å². The number of hydrogen-bond acceptors (Lipinski definition) is 4. The fourth-order valence-electron chi connectivity index (χ4n) is 4.28. The van der Waals surface area contributed by atoms with E-state index in [0.29, 0.717) is 22.8 Å². The highest BCUT2D eigenvalue weighted by atomic mass is 19.4. The molecule has 1 amide bonds. The van der Waals surface area contributed by atoms with E-state index in [0.717, 1.165) is 12.1 Å². The predicted octanol–water partition coefficient (Wildman–Crippen LogP) is 4.46. The molecule has 182 valence electrons. The minimum atomic E-state index is -5.79. The maximum absolute atomic E-state index is 14.2. The molecule has 0 atom stereocenters. The van der Waals surface area contributed by atoms with Gasteiger partial charge in [0.2, 0.25) is 0 Å². The second-order valence-electron chi connectivity index (χ2n) is 8.67. The van der Waals surface area contributed by atoms with E-state index in [1.807, 2.05) is 0 Å². The molecule has 10 heteroatoms. The van der Waals surface area contributed by atoms with E-state index in [2.05, 4.69) is 5.32 Å². The molecule has 4 rings (SSSR count). The van der Waals surface area contributed by atoms with E-state index in [9.17, 15) is 26.7 Å². The SMILES string of the molecule is CC1(C)Oc2ccc(C(F)(F)C(F)(F)F)cc2C(N2Cc3ccccc3C2=O)=C1CNCCO. The van der Waals surface area contributed by atoms with Gasteiger partial charge >= 0.3 is 12.1 Å². The lowest BCUT2D eigenvalue weighted by atomic mass is 9.87. The monoisotopic (exact) mass is 482 g/mol. The van der Waals surface area contributed by atoms with Crippen LogP contribution in [0.2, 0.25) is 0 Å². The van der Waals surface area contributed by atoms with Crippen molar-refractivity contribution in [2.24, 2.45) is 0 Å². The Morgan fingerprint density at radius 1 is 1.09 bits per heavy atom. The van der Waals surface area contributed by atoms with Gasteiger partial charge in [0, 0.05) is 35.4 Å². The minimum Gasteiger partial charge on any atom is -0.483 e. The van der Waals surface area contributed by atoms with Gasteiger partial charge < -0.3 is 20.1 Å². The first-order valence-corrected chi connectivity index (χ1v) is 10.6. The first kappa shape index (κ1) is 24.2. The number of nitrogens with zero attached hydrogens (tertiary/aromatic N) is 1. The molecule has 0 fully saturated rings. The Kier molecular flexibility index (Phi) is 5.93. The Morgan fingerprint density at radius 2 is 1.79 bits per heavy atom. The van der Waals surface area contributed by atoms with Crippen LogP contribution >= 0.6 is 0 Å². The lowest BCUT2D eigenvalue weighted by molar-refractivity contribution is -0.289. The molecular weight excluding hydrogens is 459 g/mol. The fraction of sp³-hybridized carbons (Fsp3) is 0.375. The summed E-state index contributed by atoms with van der Waals surface area (Å²) in [6.45, 7) is 3.72. The summed E-state index contributed by atoms with van der Waals surface area (Å²) in [7, 11) is 0. The molecule has 2 N–H and O–H groups in total. The Balaban J connectivity index is 1.92. The highest BCUT2D eigenvalue weighted by Gasteiger charge is 2.59. The molecule has 0 radical (unpaired) electrons. The average Bonchev–Trinajstić information content (AvgIpc) is 3.09. The predicted molar refractivity (Wildman–Crippen MR) is 114 cm³/mol. The standard InChI is InChI=1S/C24H23F5N2O3/c1-22(2)18(12-30-9-10-32)20(31-13-14-5-3-4-6-16(14)21(31)33)17-11-15(7-8-19(17)34-22)23(25,26)24(27,28)29/h3-8,11,30,32H,9-10,12-13H2,1-2H3. The van der Waals surface area contributed by atoms with Gasteiger partial charge in [-0.2, -0.15) is 22.0 Å². The van der Waals surface area contributed by atoms with Gasteiger partial charge in [0.15, 0.2) is 0 Å². The molecule has 2 aliphatic heterocycles. The van der Waals surface area contributed by atoms with Gasteiger partial charge in [-0.3, -0.25) is 4.79 Å². The molecule has 34 heavy (non-hydrogen) atoms. The number of halogens is 5. The zero-order valence-corrected chi connectivity index (χ0v) is 18.5. The molecule has 2 aromatic carbocycles. The van der Waals surface area contributed by atoms with Crippen molar-refractivity contribution in [1.29, 1.82) is 0 Å². The largest absolute Gasteiger partial charge is 0.483 e. The molecule has 0 bridgehead atoms. The molecule has 0 aromatic heterocycles. The fourth-order valence-corrected chi connectivity index (χ4v) is 4.28. The van der Waals surface area contributed by atoms with Crippen molar-refractivity contribution in [3.63, 3.8) is 0 Å². The van der Waals surface area contributed by atoms with Crippen molar-refractivity contribution < 1.29 is 36.6 Å². The number of amides is 1. The first-order chi connectivity index (χ1) is 15.9. The second kappa shape index (κ2) is 8.35. The quantitative estimate of drug-likeness (QED) is 0.472. The van der Waals surface area contributed by atoms with Crippen molar-refractivity contribution in [1.82, 2.24) is 10.2 Å². The molecule has 0 spiro atoms. The minimum absolute atomic E-state index is 0.0253.